The standard InChI is InChI=1S/C20H20N4O5/c1-12(25)22-16-9-7-14(8-10-16)19(27)23-17(20(28)24-21)11-15-5-3-4-6-18(15)29-13(2)26/h3-11H,21H2,1-2H3,(H,22,25)(H,23,27)(H,24,28)/b17-11+. The van der Waals surface area contributed by atoms with Crippen LogP contribution in [-0.4, -0.2) is 23.7 Å². The Labute approximate surface area is 166 Å². The van der Waals surface area contributed by atoms with Crippen molar-refractivity contribution in [1.29, 1.82) is 0 Å². The maximum atomic E-state index is 12.5. The third-order valence-corrected chi connectivity index (χ3v) is 3.56. The SMILES string of the molecule is CC(=O)Nc1ccc(C(=O)N/C(=C/c2ccccc2OC(C)=O)C(=O)NN)cc1. The number of esters is 1. The van der Waals surface area contributed by atoms with Crippen LogP contribution in [0, 0.1) is 0 Å². The molecule has 3 amide bonds. The highest BCUT2D eigenvalue weighted by atomic mass is 16.5. The van der Waals surface area contributed by atoms with Gasteiger partial charge in [0.25, 0.3) is 11.8 Å². The number of benzene rings is 2. The van der Waals surface area contributed by atoms with Crippen LogP contribution in [0.25, 0.3) is 6.08 Å². The van der Waals surface area contributed by atoms with E-state index in [4.69, 9.17) is 10.6 Å². The average molecular weight is 396 g/mol. The molecule has 29 heavy (non-hydrogen) atoms. The first-order valence-electron chi connectivity index (χ1n) is 8.49. The van der Waals surface area contributed by atoms with Crippen molar-refractivity contribution in [2.24, 2.45) is 5.84 Å². The van der Waals surface area contributed by atoms with Gasteiger partial charge in [-0.3, -0.25) is 24.6 Å². The zero-order chi connectivity index (χ0) is 21.4. The molecule has 0 unspecified atom stereocenters. The number of anilines is 1. The Bertz CT molecular complexity index is 967. The van der Waals surface area contributed by atoms with Crippen molar-refractivity contribution in [3.05, 3.63) is 65.4 Å². The van der Waals surface area contributed by atoms with Gasteiger partial charge in [0.15, 0.2) is 0 Å². The Hall–Kier alpha value is -3.98. The van der Waals surface area contributed by atoms with Gasteiger partial charge in [0, 0.05) is 30.7 Å². The molecule has 2 aromatic carbocycles. The van der Waals surface area contributed by atoms with E-state index in [1.54, 1.807) is 36.4 Å². The zero-order valence-electron chi connectivity index (χ0n) is 15.8. The molecule has 2 aromatic rings. The van der Waals surface area contributed by atoms with Crippen molar-refractivity contribution < 1.29 is 23.9 Å². The molecule has 0 atom stereocenters. The van der Waals surface area contributed by atoms with E-state index < -0.39 is 17.8 Å². The van der Waals surface area contributed by atoms with E-state index in [9.17, 15) is 19.2 Å². The Morgan fingerprint density at radius 1 is 0.966 bits per heavy atom. The largest absolute Gasteiger partial charge is 0.426 e. The van der Waals surface area contributed by atoms with Gasteiger partial charge in [0.1, 0.15) is 11.4 Å². The van der Waals surface area contributed by atoms with Crippen molar-refractivity contribution in [2.75, 3.05) is 5.32 Å². The van der Waals surface area contributed by atoms with E-state index in [0.29, 0.717) is 11.3 Å². The van der Waals surface area contributed by atoms with Crippen LogP contribution in [0.15, 0.2) is 54.2 Å². The second-order valence-electron chi connectivity index (χ2n) is 5.88. The maximum absolute atomic E-state index is 12.5. The van der Waals surface area contributed by atoms with Crippen molar-refractivity contribution in [3.63, 3.8) is 0 Å². The van der Waals surface area contributed by atoms with E-state index in [1.165, 1.54) is 32.1 Å². The summed E-state index contributed by atoms with van der Waals surface area (Å²) in [5, 5.41) is 5.06. The van der Waals surface area contributed by atoms with Crippen molar-refractivity contribution >= 4 is 35.5 Å². The summed E-state index contributed by atoms with van der Waals surface area (Å²) in [4.78, 5) is 47.0. The summed E-state index contributed by atoms with van der Waals surface area (Å²) in [5.74, 6) is 3.35. The molecule has 0 spiro atoms. The normalized spacial score (nSPS) is 10.7. The van der Waals surface area contributed by atoms with Gasteiger partial charge in [0.05, 0.1) is 0 Å². The molecular formula is C20H20N4O5. The predicted molar refractivity (Wildman–Crippen MR) is 106 cm³/mol. The number of hydrazine groups is 1. The Kier molecular flexibility index (Phi) is 7.21. The first-order chi connectivity index (χ1) is 13.8. The highest BCUT2D eigenvalue weighted by Crippen LogP contribution is 2.21. The topological polar surface area (TPSA) is 140 Å². The zero-order valence-corrected chi connectivity index (χ0v) is 15.8. The van der Waals surface area contributed by atoms with Crippen molar-refractivity contribution in [2.45, 2.75) is 13.8 Å². The van der Waals surface area contributed by atoms with Crippen LogP contribution < -0.4 is 26.6 Å². The number of hydrogen-bond donors (Lipinski definition) is 4. The molecule has 0 aliphatic rings. The summed E-state index contributed by atoms with van der Waals surface area (Å²) in [5.41, 5.74) is 2.98. The number of carbonyl (C=O) groups excluding carboxylic acids is 4. The van der Waals surface area contributed by atoms with Crippen molar-refractivity contribution in [3.8, 4) is 5.75 Å². The lowest BCUT2D eigenvalue weighted by molar-refractivity contribution is -0.132. The highest BCUT2D eigenvalue weighted by molar-refractivity contribution is 6.05. The van der Waals surface area contributed by atoms with Gasteiger partial charge < -0.3 is 15.4 Å². The first-order valence-corrected chi connectivity index (χ1v) is 8.49. The van der Waals surface area contributed by atoms with Gasteiger partial charge in [-0.15, -0.1) is 0 Å². The summed E-state index contributed by atoms with van der Waals surface area (Å²) in [6.45, 7) is 2.62. The smallest absolute Gasteiger partial charge is 0.308 e. The number of rotatable bonds is 6. The fraction of sp³-hybridized carbons (Fsp3) is 0.100. The molecule has 0 bridgehead atoms. The van der Waals surface area contributed by atoms with Gasteiger partial charge >= 0.3 is 5.97 Å². The quantitative estimate of drug-likeness (QED) is 0.145. The predicted octanol–water partition coefficient (Wildman–Crippen LogP) is 1.33. The summed E-state index contributed by atoms with van der Waals surface area (Å²) in [6, 6.07) is 12.6. The molecule has 0 radical (unpaired) electrons. The number of carbonyl (C=O) groups is 4. The minimum atomic E-state index is -0.745. The monoisotopic (exact) mass is 396 g/mol. The molecule has 9 heteroatoms. The summed E-state index contributed by atoms with van der Waals surface area (Å²) in [6.07, 6.45) is 1.34. The van der Waals surface area contributed by atoms with Crippen LogP contribution in [0.4, 0.5) is 5.69 Å². The summed E-state index contributed by atoms with van der Waals surface area (Å²) < 4.78 is 5.10. The van der Waals surface area contributed by atoms with Crippen LogP contribution in [0.2, 0.25) is 0 Å². The van der Waals surface area contributed by atoms with E-state index in [-0.39, 0.29) is 22.9 Å². The summed E-state index contributed by atoms with van der Waals surface area (Å²) in [7, 11) is 0. The Morgan fingerprint density at radius 2 is 1.62 bits per heavy atom. The van der Waals surface area contributed by atoms with Crippen LogP contribution in [0.1, 0.15) is 29.8 Å². The molecular weight excluding hydrogens is 376 g/mol. The molecule has 150 valence electrons. The molecule has 2 rings (SSSR count). The lowest BCUT2D eigenvalue weighted by atomic mass is 10.1. The molecule has 0 aromatic heterocycles. The second kappa shape index (κ2) is 9.81. The lowest BCUT2D eigenvalue weighted by Gasteiger charge is -2.11. The van der Waals surface area contributed by atoms with E-state index in [2.05, 4.69) is 10.6 Å². The number of para-hydroxylation sites is 1. The van der Waals surface area contributed by atoms with Gasteiger partial charge in [-0.1, -0.05) is 18.2 Å². The summed E-state index contributed by atoms with van der Waals surface area (Å²) >= 11 is 0. The number of ether oxygens (including phenoxy) is 1. The van der Waals surface area contributed by atoms with Crippen LogP contribution in [0.3, 0.4) is 0 Å². The van der Waals surface area contributed by atoms with E-state index >= 15 is 0 Å². The lowest BCUT2D eigenvalue weighted by Crippen LogP contribution is -2.38. The van der Waals surface area contributed by atoms with E-state index in [1.807, 2.05) is 5.43 Å². The van der Waals surface area contributed by atoms with Gasteiger partial charge in [-0.05, 0) is 36.4 Å². The number of nitrogens with one attached hydrogen (secondary N) is 3. The van der Waals surface area contributed by atoms with Gasteiger partial charge in [-0.2, -0.15) is 0 Å². The fourth-order valence-corrected chi connectivity index (χ4v) is 2.34. The van der Waals surface area contributed by atoms with Crippen LogP contribution in [0.5, 0.6) is 5.75 Å². The minimum absolute atomic E-state index is 0.150. The third-order valence-electron chi connectivity index (χ3n) is 3.56. The average Bonchev–Trinajstić information content (AvgIpc) is 2.67. The van der Waals surface area contributed by atoms with Crippen molar-refractivity contribution in [1.82, 2.24) is 10.7 Å². The molecule has 0 saturated carbocycles. The number of amides is 3. The molecule has 0 fully saturated rings. The highest BCUT2D eigenvalue weighted by Gasteiger charge is 2.15. The number of nitrogens with two attached hydrogens (primary N) is 1. The molecule has 0 aliphatic heterocycles. The molecule has 5 N–H and O–H groups in total. The second-order valence-corrected chi connectivity index (χ2v) is 5.88. The Morgan fingerprint density at radius 3 is 2.21 bits per heavy atom. The molecule has 0 aliphatic carbocycles. The van der Waals surface area contributed by atoms with Gasteiger partial charge in [-0.25, -0.2) is 5.84 Å². The van der Waals surface area contributed by atoms with Crippen LogP contribution in [-0.2, 0) is 14.4 Å². The van der Waals surface area contributed by atoms with E-state index in [0.717, 1.165) is 0 Å². The third kappa shape index (κ3) is 6.29. The Balaban J connectivity index is 2.29. The fourth-order valence-electron chi connectivity index (χ4n) is 2.34. The number of hydrogen-bond acceptors (Lipinski definition) is 6. The molecule has 9 nitrogen and oxygen atoms in total. The molecule has 0 saturated heterocycles. The minimum Gasteiger partial charge on any atom is -0.426 e. The maximum Gasteiger partial charge on any atom is 0.308 e. The van der Waals surface area contributed by atoms with Crippen LogP contribution >= 0.6 is 0 Å². The first kappa shape index (κ1) is 21.3. The van der Waals surface area contributed by atoms with Gasteiger partial charge in [0.2, 0.25) is 5.91 Å². The molecule has 0 heterocycles.